The number of hydrogen-bond donors (Lipinski definition) is 2. The fourth-order valence-corrected chi connectivity index (χ4v) is 0.568. The molecule has 0 saturated carbocycles. The van der Waals surface area contributed by atoms with E-state index in [2.05, 4.69) is 20.5 Å². The van der Waals surface area contributed by atoms with E-state index in [0.717, 1.165) is 0 Å². The SMILES string of the molecule is C/C=N/Nc1ccnc(=O)[nH]1. The fourth-order valence-electron chi connectivity index (χ4n) is 0.568. The molecule has 1 aromatic heterocycles. The van der Waals surface area contributed by atoms with Crippen molar-refractivity contribution >= 4 is 12.0 Å². The first-order chi connectivity index (χ1) is 5.33. The summed E-state index contributed by atoms with van der Waals surface area (Å²) in [5.41, 5.74) is 2.22. The zero-order valence-corrected chi connectivity index (χ0v) is 6.03. The molecule has 0 saturated heterocycles. The highest BCUT2D eigenvalue weighted by molar-refractivity contribution is 5.55. The number of hydrogen-bond acceptors (Lipinski definition) is 4. The Morgan fingerprint density at radius 3 is 3.27 bits per heavy atom. The molecule has 0 amide bonds. The monoisotopic (exact) mass is 152 g/mol. The van der Waals surface area contributed by atoms with Gasteiger partial charge in [-0.2, -0.15) is 5.10 Å². The Morgan fingerprint density at radius 1 is 1.82 bits per heavy atom. The fraction of sp³-hybridized carbons (Fsp3) is 0.167. The summed E-state index contributed by atoms with van der Waals surface area (Å²) in [6.07, 6.45) is 2.99. The molecular formula is C6H8N4O. The summed E-state index contributed by atoms with van der Waals surface area (Å²) in [7, 11) is 0. The maximum absolute atomic E-state index is 10.6. The Hall–Kier alpha value is -1.65. The van der Waals surface area contributed by atoms with Gasteiger partial charge in [-0.05, 0) is 13.0 Å². The summed E-state index contributed by atoms with van der Waals surface area (Å²) in [5, 5.41) is 3.71. The third-order valence-electron chi connectivity index (χ3n) is 0.989. The highest BCUT2D eigenvalue weighted by atomic mass is 16.1. The molecule has 11 heavy (non-hydrogen) atoms. The Labute approximate surface area is 63.2 Å². The van der Waals surface area contributed by atoms with Gasteiger partial charge in [0.15, 0.2) is 0 Å². The van der Waals surface area contributed by atoms with Crippen LogP contribution in [0.1, 0.15) is 6.92 Å². The maximum atomic E-state index is 10.6. The Bertz CT molecular complexity index is 303. The van der Waals surface area contributed by atoms with Gasteiger partial charge in [0.05, 0.1) is 0 Å². The first-order valence-corrected chi connectivity index (χ1v) is 3.12. The molecule has 5 heteroatoms. The van der Waals surface area contributed by atoms with Gasteiger partial charge in [-0.3, -0.25) is 10.4 Å². The van der Waals surface area contributed by atoms with E-state index in [-0.39, 0.29) is 5.69 Å². The standard InChI is InChI=1S/C6H8N4O/c1-2-8-10-5-3-4-7-6(11)9-5/h2-4H,1H3,(H2,7,9,10,11)/b8-2+. The van der Waals surface area contributed by atoms with Gasteiger partial charge in [-0.1, -0.05) is 0 Å². The van der Waals surface area contributed by atoms with Crippen molar-refractivity contribution in [1.82, 2.24) is 9.97 Å². The molecule has 1 heterocycles. The quantitative estimate of drug-likeness (QED) is 0.469. The van der Waals surface area contributed by atoms with Gasteiger partial charge in [0, 0.05) is 12.4 Å². The van der Waals surface area contributed by atoms with Crippen molar-refractivity contribution in [3.05, 3.63) is 22.7 Å². The van der Waals surface area contributed by atoms with Crippen LogP contribution < -0.4 is 11.1 Å². The molecular weight excluding hydrogens is 144 g/mol. The van der Waals surface area contributed by atoms with Crippen LogP contribution in [0.4, 0.5) is 5.82 Å². The van der Waals surface area contributed by atoms with Gasteiger partial charge in [-0.15, -0.1) is 0 Å². The van der Waals surface area contributed by atoms with Crippen molar-refractivity contribution in [2.24, 2.45) is 5.10 Å². The second kappa shape index (κ2) is 3.50. The van der Waals surface area contributed by atoms with E-state index in [1.165, 1.54) is 6.20 Å². The lowest BCUT2D eigenvalue weighted by molar-refractivity contribution is 1.06. The second-order valence-electron chi connectivity index (χ2n) is 1.79. The second-order valence-corrected chi connectivity index (χ2v) is 1.79. The molecule has 0 unspecified atom stereocenters. The Kier molecular flexibility index (Phi) is 2.37. The van der Waals surface area contributed by atoms with Crippen molar-refractivity contribution in [2.45, 2.75) is 6.92 Å². The normalized spacial score (nSPS) is 10.3. The van der Waals surface area contributed by atoms with E-state index in [9.17, 15) is 4.79 Å². The van der Waals surface area contributed by atoms with Crippen LogP contribution in [0.3, 0.4) is 0 Å². The minimum absolute atomic E-state index is 0.388. The minimum Gasteiger partial charge on any atom is -0.291 e. The van der Waals surface area contributed by atoms with Gasteiger partial charge >= 0.3 is 5.69 Å². The molecule has 1 rings (SSSR count). The van der Waals surface area contributed by atoms with Crippen molar-refractivity contribution in [2.75, 3.05) is 5.43 Å². The third-order valence-corrected chi connectivity index (χ3v) is 0.989. The van der Waals surface area contributed by atoms with Crippen LogP contribution in [0.25, 0.3) is 0 Å². The summed E-state index contributed by atoms with van der Waals surface area (Å²) in [6.45, 7) is 1.77. The summed E-state index contributed by atoms with van der Waals surface area (Å²) in [6, 6.07) is 1.62. The Balaban J connectivity index is 2.79. The number of hydrazone groups is 1. The van der Waals surface area contributed by atoms with Gasteiger partial charge in [0.1, 0.15) is 5.82 Å². The smallest absolute Gasteiger partial charge is 0.291 e. The number of rotatable bonds is 2. The Morgan fingerprint density at radius 2 is 2.64 bits per heavy atom. The summed E-state index contributed by atoms with van der Waals surface area (Å²) in [5.74, 6) is 0.531. The number of nitrogens with one attached hydrogen (secondary N) is 2. The predicted molar refractivity (Wildman–Crippen MR) is 42.6 cm³/mol. The van der Waals surface area contributed by atoms with Gasteiger partial charge in [0.2, 0.25) is 0 Å². The zero-order chi connectivity index (χ0) is 8.10. The number of H-pyrrole nitrogens is 1. The molecule has 0 aliphatic carbocycles. The van der Waals surface area contributed by atoms with Crippen LogP contribution in [0.2, 0.25) is 0 Å². The molecule has 0 aliphatic heterocycles. The van der Waals surface area contributed by atoms with Crippen LogP contribution in [-0.2, 0) is 0 Å². The van der Waals surface area contributed by atoms with E-state index >= 15 is 0 Å². The van der Waals surface area contributed by atoms with Crippen molar-refractivity contribution in [3.63, 3.8) is 0 Å². The van der Waals surface area contributed by atoms with Crippen LogP contribution in [0, 0.1) is 0 Å². The molecule has 0 fully saturated rings. The molecule has 5 nitrogen and oxygen atoms in total. The van der Waals surface area contributed by atoms with Crippen molar-refractivity contribution < 1.29 is 0 Å². The summed E-state index contributed by atoms with van der Waals surface area (Å²) in [4.78, 5) is 16.5. The number of anilines is 1. The molecule has 0 atom stereocenters. The van der Waals surface area contributed by atoms with Crippen LogP contribution >= 0.6 is 0 Å². The van der Waals surface area contributed by atoms with Crippen LogP contribution in [0.15, 0.2) is 22.2 Å². The van der Waals surface area contributed by atoms with E-state index in [1.807, 2.05) is 0 Å². The molecule has 2 N–H and O–H groups in total. The largest absolute Gasteiger partial charge is 0.346 e. The topological polar surface area (TPSA) is 70.1 Å². The summed E-state index contributed by atoms with van der Waals surface area (Å²) < 4.78 is 0. The van der Waals surface area contributed by atoms with E-state index < -0.39 is 0 Å². The molecule has 0 aromatic carbocycles. The predicted octanol–water partition coefficient (Wildman–Crippen LogP) is 0.187. The van der Waals surface area contributed by atoms with Gasteiger partial charge < -0.3 is 0 Å². The first-order valence-electron chi connectivity index (χ1n) is 3.12. The number of aromatic amines is 1. The molecule has 0 radical (unpaired) electrons. The zero-order valence-electron chi connectivity index (χ0n) is 6.03. The average molecular weight is 152 g/mol. The first kappa shape index (κ1) is 7.46. The third kappa shape index (κ3) is 2.21. The van der Waals surface area contributed by atoms with E-state index in [1.54, 1.807) is 19.2 Å². The van der Waals surface area contributed by atoms with E-state index in [0.29, 0.717) is 5.82 Å². The van der Waals surface area contributed by atoms with Gasteiger partial charge in [-0.25, -0.2) is 9.78 Å². The molecule has 0 spiro atoms. The van der Waals surface area contributed by atoms with E-state index in [4.69, 9.17) is 0 Å². The number of nitrogens with zero attached hydrogens (tertiary/aromatic N) is 2. The minimum atomic E-state index is -0.388. The van der Waals surface area contributed by atoms with Crippen LogP contribution in [0.5, 0.6) is 0 Å². The van der Waals surface area contributed by atoms with Gasteiger partial charge in [0.25, 0.3) is 0 Å². The highest BCUT2D eigenvalue weighted by Gasteiger charge is 1.87. The molecule has 0 bridgehead atoms. The summed E-state index contributed by atoms with van der Waals surface area (Å²) >= 11 is 0. The molecule has 1 aromatic rings. The lowest BCUT2D eigenvalue weighted by Crippen LogP contribution is -2.10. The lowest BCUT2D eigenvalue weighted by Gasteiger charge is -1.95. The maximum Gasteiger partial charge on any atom is 0.346 e. The van der Waals surface area contributed by atoms with Crippen molar-refractivity contribution in [3.8, 4) is 0 Å². The average Bonchev–Trinajstić information content (AvgIpc) is 2.01. The molecule has 0 aliphatic rings. The van der Waals surface area contributed by atoms with Crippen LogP contribution in [-0.4, -0.2) is 16.2 Å². The molecule has 58 valence electrons. The lowest BCUT2D eigenvalue weighted by atomic mass is 10.6. The highest BCUT2D eigenvalue weighted by Crippen LogP contribution is 1.93. The van der Waals surface area contributed by atoms with Crippen molar-refractivity contribution in [1.29, 1.82) is 0 Å². The number of aromatic nitrogens is 2.